The molecular formula is C16H33N3. The highest BCUT2D eigenvalue weighted by Gasteiger charge is 2.36. The first-order chi connectivity index (χ1) is 9.17. The Morgan fingerprint density at radius 2 is 2.00 bits per heavy atom. The third-order valence-electron chi connectivity index (χ3n) is 5.44. The smallest absolute Gasteiger partial charge is 0.0221 e. The molecule has 19 heavy (non-hydrogen) atoms. The summed E-state index contributed by atoms with van der Waals surface area (Å²) >= 11 is 0. The number of piperidine rings is 2. The molecule has 0 spiro atoms. The standard InChI is InChI=1S/C16H33N3/c1-5-15(17-6-2)13(3)19-11-9-16-14(12-19)8-7-10-18(16)4/h13-17H,5-12H2,1-4H3. The van der Waals surface area contributed by atoms with Gasteiger partial charge in [-0.1, -0.05) is 13.8 Å². The van der Waals surface area contributed by atoms with Crippen LogP contribution in [0.3, 0.4) is 0 Å². The summed E-state index contributed by atoms with van der Waals surface area (Å²) in [6, 6.07) is 2.19. The number of rotatable bonds is 5. The summed E-state index contributed by atoms with van der Waals surface area (Å²) in [7, 11) is 2.32. The first-order valence-corrected chi connectivity index (χ1v) is 8.35. The van der Waals surface area contributed by atoms with Gasteiger partial charge in [-0.15, -0.1) is 0 Å². The minimum atomic E-state index is 0.655. The summed E-state index contributed by atoms with van der Waals surface area (Å²) in [5.41, 5.74) is 0. The third-order valence-corrected chi connectivity index (χ3v) is 5.44. The largest absolute Gasteiger partial charge is 0.313 e. The highest BCUT2D eigenvalue weighted by atomic mass is 15.2. The number of likely N-dealkylation sites (N-methyl/N-ethyl adjacent to an activating group) is 1. The van der Waals surface area contributed by atoms with Gasteiger partial charge in [0, 0.05) is 24.7 Å². The van der Waals surface area contributed by atoms with Crippen molar-refractivity contribution < 1.29 is 0 Å². The lowest BCUT2D eigenvalue weighted by molar-refractivity contribution is 0.0158. The summed E-state index contributed by atoms with van der Waals surface area (Å²) in [6.07, 6.45) is 5.44. The van der Waals surface area contributed by atoms with E-state index in [0.717, 1.165) is 18.5 Å². The summed E-state index contributed by atoms with van der Waals surface area (Å²) in [5, 5.41) is 3.66. The van der Waals surface area contributed by atoms with Crippen LogP contribution in [0, 0.1) is 5.92 Å². The fourth-order valence-electron chi connectivity index (χ4n) is 4.22. The van der Waals surface area contributed by atoms with E-state index in [1.165, 1.54) is 45.3 Å². The van der Waals surface area contributed by atoms with Crippen molar-refractivity contribution in [3.63, 3.8) is 0 Å². The van der Waals surface area contributed by atoms with Gasteiger partial charge in [0.2, 0.25) is 0 Å². The second-order valence-electron chi connectivity index (χ2n) is 6.55. The van der Waals surface area contributed by atoms with E-state index in [4.69, 9.17) is 0 Å². The molecule has 3 heteroatoms. The monoisotopic (exact) mass is 267 g/mol. The SMILES string of the molecule is CCNC(CC)C(C)N1CCC2C(CCCN2C)C1. The van der Waals surface area contributed by atoms with Crippen molar-refractivity contribution in [2.24, 2.45) is 5.92 Å². The van der Waals surface area contributed by atoms with E-state index in [1.54, 1.807) is 0 Å². The van der Waals surface area contributed by atoms with E-state index < -0.39 is 0 Å². The maximum absolute atomic E-state index is 3.66. The number of nitrogens with zero attached hydrogens (tertiary/aromatic N) is 2. The zero-order valence-corrected chi connectivity index (χ0v) is 13.4. The van der Waals surface area contributed by atoms with E-state index in [9.17, 15) is 0 Å². The second-order valence-corrected chi connectivity index (χ2v) is 6.55. The molecule has 0 saturated carbocycles. The Morgan fingerprint density at radius 3 is 2.68 bits per heavy atom. The van der Waals surface area contributed by atoms with E-state index in [-0.39, 0.29) is 0 Å². The summed E-state index contributed by atoms with van der Waals surface area (Å²) < 4.78 is 0. The molecule has 0 aromatic carbocycles. The number of likely N-dealkylation sites (tertiary alicyclic amines) is 2. The molecule has 2 rings (SSSR count). The fraction of sp³-hybridized carbons (Fsp3) is 1.00. The molecule has 0 aliphatic carbocycles. The lowest BCUT2D eigenvalue weighted by Crippen LogP contribution is -2.57. The Balaban J connectivity index is 1.92. The highest BCUT2D eigenvalue weighted by Crippen LogP contribution is 2.30. The van der Waals surface area contributed by atoms with Crippen LogP contribution in [0.1, 0.15) is 46.5 Å². The molecule has 4 unspecified atom stereocenters. The van der Waals surface area contributed by atoms with Gasteiger partial charge >= 0.3 is 0 Å². The molecule has 0 aromatic heterocycles. The van der Waals surface area contributed by atoms with Gasteiger partial charge in [-0.25, -0.2) is 0 Å². The minimum Gasteiger partial charge on any atom is -0.313 e. The molecule has 2 aliphatic heterocycles. The van der Waals surface area contributed by atoms with Crippen molar-refractivity contribution in [2.75, 3.05) is 33.2 Å². The number of fused-ring (bicyclic) bond motifs is 1. The molecule has 2 saturated heterocycles. The molecule has 2 heterocycles. The van der Waals surface area contributed by atoms with E-state index in [0.29, 0.717) is 12.1 Å². The zero-order chi connectivity index (χ0) is 13.8. The van der Waals surface area contributed by atoms with Crippen molar-refractivity contribution in [2.45, 2.75) is 64.6 Å². The van der Waals surface area contributed by atoms with Crippen LogP contribution < -0.4 is 5.32 Å². The maximum atomic E-state index is 3.66. The first-order valence-electron chi connectivity index (χ1n) is 8.35. The average molecular weight is 267 g/mol. The molecule has 112 valence electrons. The average Bonchev–Trinajstić information content (AvgIpc) is 2.44. The van der Waals surface area contributed by atoms with Crippen LogP contribution in [0.5, 0.6) is 0 Å². The first kappa shape index (κ1) is 15.3. The van der Waals surface area contributed by atoms with Crippen LogP contribution >= 0.6 is 0 Å². The topological polar surface area (TPSA) is 18.5 Å². The molecule has 2 fully saturated rings. The molecule has 3 nitrogen and oxygen atoms in total. The van der Waals surface area contributed by atoms with Crippen LogP contribution in [0.15, 0.2) is 0 Å². The number of nitrogens with one attached hydrogen (secondary N) is 1. The molecule has 2 aliphatic rings. The van der Waals surface area contributed by atoms with Gasteiger partial charge in [0.15, 0.2) is 0 Å². The van der Waals surface area contributed by atoms with E-state index >= 15 is 0 Å². The molecule has 1 N–H and O–H groups in total. The molecule has 4 atom stereocenters. The minimum absolute atomic E-state index is 0.655. The molecule has 0 amide bonds. The van der Waals surface area contributed by atoms with Gasteiger partial charge in [-0.2, -0.15) is 0 Å². The van der Waals surface area contributed by atoms with Crippen LogP contribution in [-0.2, 0) is 0 Å². The Kier molecular flexibility index (Phi) is 5.67. The maximum Gasteiger partial charge on any atom is 0.0221 e. The number of hydrogen-bond donors (Lipinski definition) is 1. The van der Waals surface area contributed by atoms with Gasteiger partial charge < -0.3 is 10.2 Å². The predicted molar refractivity (Wildman–Crippen MR) is 82.5 cm³/mol. The number of hydrogen-bond acceptors (Lipinski definition) is 3. The van der Waals surface area contributed by atoms with Gasteiger partial charge in [-0.3, -0.25) is 4.90 Å². The lowest BCUT2D eigenvalue weighted by atomic mass is 9.83. The van der Waals surface area contributed by atoms with Crippen LogP contribution in [-0.4, -0.2) is 61.2 Å². The zero-order valence-electron chi connectivity index (χ0n) is 13.4. The Hall–Kier alpha value is -0.120. The second kappa shape index (κ2) is 7.05. The van der Waals surface area contributed by atoms with Crippen LogP contribution in [0.2, 0.25) is 0 Å². The van der Waals surface area contributed by atoms with Gasteiger partial charge in [0.25, 0.3) is 0 Å². The predicted octanol–water partition coefficient (Wildman–Crippen LogP) is 2.18. The fourth-order valence-corrected chi connectivity index (χ4v) is 4.22. The Bertz CT molecular complexity index is 269. The normalized spacial score (nSPS) is 32.8. The van der Waals surface area contributed by atoms with Crippen molar-refractivity contribution in [3.05, 3.63) is 0 Å². The van der Waals surface area contributed by atoms with Gasteiger partial charge in [0.1, 0.15) is 0 Å². The van der Waals surface area contributed by atoms with Crippen molar-refractivity contribution in [3.8, 4) is 0 Å². The van der Waals surface area contributed by atoms with Crippen molar-refractivity contribution in [1.29, 1.82) is 0 Å². The van der Waals surface area contributed by atoms with E-state index in [1.807, 2.05) is 0 Å². The lowest BCUT2D eigenvalue weighted by Gasteiger charge is -2.48. The summed E-state index contributed by atoms with van der Waals surface area (Å²) in [6.45, 7) is 12.0. The van der Waals surface area contributed by atoms with Gasteiger partial charge in [-0.05, 0) is 65.2 Å². The van der Waals surface area contributed by atoms with Crippen LogP contribution in [0.25, 0.3) is 0 Å². The summed E-state index contributed by atoms with van der Waals surface area (Å²) in [5.74, 6) is 0.911. The summed E-state index contributed by atoms with van der Waals surface area (Å²) in [4.78, 5) is 5.36. The van der Waals surface area contributed by atoms with Crippen molar-refractivity contribution >= 4 is 0 Å². The molecule has 0 bridgehead atoms. The molecular weight excluding hydrogens is 234 g/mol. The molecule has 0 aromatic rings. The van der Waals surface area contributed by atoms with Gasteiger partial charge in [0.05, 0.1) is 0 Å². The molecule has 0 radical (unpaired) electrons. The Labute approximate surface area is 119 Å². The quantitative estimate of drug-likeness (QED) is 0.824. The third kappa shape index (κ3) is 3.50. The van der Waals surface area contributed by atoms with Crippen LogP contribution in [0.4, 0.5) is 0 Å². The van der Waals surface area contributed by atoms with Crippen molar-refractivity contribution in [1.82, 2.24) is 15.1 Å². The Morgan fingerprint density at radius 1 is 1.21 bits per heavy atom. The van der Waals surface area contributed by atoms with E-state index in [2.05, 4.69) is 42.9 Å². The highest BCUT2D eigenvalue weighted by molar-refractivity contribution is 4.92.